The summed E-state index contributed by atoms with van der Waals surface area (Å²) in [5.41, 5.74) is 7.74. The van der Waals surface area contributed by atoms with Gasteiger partial charge in [0.15, 0.2) is 0 Å². The summed E-state index contributed by atoms with van der Waals surface area (Å²) in [5, 5.41) is 4.36. The number of nitrogens with two attached hydrogens (primary N) is 1. The second kappa shape index (κ2) is 6.05. The summed E-state index contributed by atoms with van der Waals surface area (Å²) in [5.74, 6) is 0. The quantitative estimate of drug-likeness (QED) is 0.814. The van der Waals surface area contributed by atoms with E-state index in [0.29, 0.717) is 22.7 Å². The lowest BCUT2D eigenvalue weighted by Gasteiger charge is -2.09. The first-order valence-electron chi connectivity index (χ1n) is 6.32. The van der Waals surface area contributed by atoms with Crippen molar-refractivity contribution < 1.29 is 8.42 Å². The molecule has 0 radical (unpaired) electrons. The van der Waals surface area contributed by atoms with Crippen molar-refractivity contribution in [2.45, 2.75) is 18.2 Å². The fourth-order valence-electron chi connectivity index (χ4n) is 1.84. The molecule has 3 N–H and O–H groups in total. The second-order valence-corrected chi connectivity index (χ2v) is 6.96. The van der Waals surface area contributed by atoms with Gasteiger partial charge in [-0.2, -0.15) is 5.10 Å². The van der Waals surface area contributed by atoms with Gasteiger partial charge in [-0.1, -0.05) is 11.6 Å². The zero-order chi connectivity index (χ0) is 15.6. The Morgan fingerprint density at radius 2 is 2.14 bits per heavy atom. The summed E-state index contributed by atoms with van der Waals surface area (Å²) in [7, 11) is -1.82. The van der Waals surface area contributed by atoms with Crippen LogP contribution >= 0.6 is 11.6 Å². The first kappa shape index (κ1) is 15.8. The molecular weight excluding hydrogens is 312 g/mol. The van der Waals surface area contributed by atoms with Gasteiger partial charge in [0, 0.05) is 30.5 Å². The van der Waals surface area contributed by atoms with Gasteiger partial charge in [-0.25, -0.2) is 13.1 Å². The molecule has 0 saturated carbocycles. The van der Waals surface area contributed by atoms with Crippen molar-refractivity contribution >= 4 is 27.3 Å². The Bertz CT molecular complexity index is 732. The van der Waals surface area contributed by atoms with Crippen LogP contribution in [0.4, 0.5) is 5.69 Å². The monoisotopic (exact) mass is 328 g/mol. The number of rotatable bonds is 5. The van der Waals surface area contributed by atoms with Gasteiger partial charge in [0.05, 0.1) is 11.1 Å². The maximum Gasteiger partial charge on any atom is 0.240 e. The molecule has 8 heteroatoms. The lowest BCUT2D eigenvalue weighted by molar-refractivity contribution is 0.581. The molecule has 0 atom stereocenters. The van der Waals surface area contributed by atoms with Crippen LogP contribution in [0.1, 0.15) is 11.1 Å². The number of aromatic nitrogens is 2. The molecule has 1 aromatic carbocycles. The molecule has 0 saturated heterocycles. The number of sulfonamides is 1. The SMILES string of the molecule is Cc1c(N)cc(S(=O)(=O)NCCc2cnn(C)c2)cc1Cl. The summed E-state index contributed by atoms with van der Waals surface area (Å²) in [6, 6.07) is 2.81. The van der Waals surface area contributed by atoms with Crippen LogP contribution < -0.4 is 10.5 Å². The number of aryl methyl sites for hydroxylation is 1. The average molecular weight is 329 g/mol. The number of nitrogens with one attached hydrogen (secondary N) is 1. The molecule has 1 heterocycles. The molecule has 0 aliphatic heterocycles. The fourth-order valence-corrected chi connectivity index (χ4v) is 3.23. The van der Waals surface area contributed by atoms with Crippen molar-refractivity contribution in [3.63, 3.8) is 0 Å². The Balaban J connectivity index is 2.08. The van der Waals surface area contributed by atoms with E-state index in [2.05, 4.69) is 9.82 Å². The average Bonchev–Trinajstić information content (AvgIpc) is 2.81. The van der Waals surface area contributed by atoms with Gasteiger partial charge >= 0.3 is 0 Å². The van der Waals surface area contributed by atoms with Crippen LogP contribution in [0.15, 0.2) is 29.4 Å². The molecular formula is C13H17ClN4O2S. The van der Waals surface area contributed by atoms with Gasteiger partial charge in [0.2, 0.25) is 10.0 Å². The maximum absolute atomic E-state index is 12.2. The molecule has 6 nitrogen and oxygen atoms in total. The van der Waals surface area contributed by atoms with Gasteiger partial charge in [0.1, 0.15) is 0 Å². The van der Waals surface area contributed by atoms with E-state index in [4.69, 9.17) is 17.3 Å². The zero-order valence-electron chi connectivity index (χ0n) is 11.8. The third-order valence-corrected chi connectivity index (χ3v) is 4.97. The Labute approximate surface area is 129 Å². The highest BCUT2D eigenvalue weighted by Crippen LogP contribution is 2.25. The Morgan fingerprint density at radius 3 is 2.71 bits per heavy atom. The van der Waals surface area contributed by atoms with Gasteiger partial charge in [-0.3, -0.25) is 4.68 Å². The molecule has 1 aromatic heterocycles. The van der Waals surface area contributed by atoms with Crippen LogP contribution in [-0.2, 0) is 23.5 Å². The number of halogens is 1. The van der Waals surface area contributed by atoms with Crippen LogP contribution in [0.3, 0.4) is 0 Å². The van der Waals surface area contributed by atoms with Crippen molar-refractivity contribution in [3.8, 4) is 0 Å². The highest BCUT2D eigenvalue weighted by atomic mass is 35.5. The third kappa shape index (κ3) is 3.75. The van der Waals surface area contributed by atoms with E-state index in [-0.39, 0.29) is 11.4 Å². The van der Waals surface area contributed by atoms with Crippen LogP contribution in [-0.4, -0.2) is 24.7 Å². The van der Waals surface area contributed by atoms with Crippen molar-refractivity contribution in [3.05, 3.63) is 40.7 Å². The number of nitrogens with zero attached hydrogens (tertiary/aromatic N) is 2. The first-order chi connectivity index (χ1) is 9.79. The molecule has 0 amide bonds. The molecule has 2 aromatic rings. The smallest absolute Gasteiger partial charge is 0.240 e. The molecule has 0 fully saturated rings. The van der Waals surface area contributed by atoms with Crippen molar-refractivity contribution in [1.82, 2.24) is 14.5 Å². The minimum Gasteiger partial charge on any atom is -0.398 e. The maximum atomic E-state index is 12.2. The molecule has 0 aliphatic rings. The summed E-state index contributed by atoms with van der Waals surface area (Å²) in [6.45, 7) is 2.02. The Kier molecular flexibility index (Phi) is 4.55. The van der Waals surface area contributed by atoms with Crippen LogP contribution in [0.2, 0.25) is 5.02 Å². The molecule has 21 heavy (non-hydrogen) atoms. The van der Waals surface area contributed by atoms with Gasteiger partial charge in [-0.15, -0.1) is 0 Å². The summed E-state index contributed by atoms with van der Waals surface area (Å²) in [6.07, 6.45) is 4.10. The number of benzene rings is 1. The van der Waals surface area contributed by atoms with Crippen LogP contribution in [0.5, 0.6) is 0 Å². The summed E-state index contributed by atoms with van der Waals surface area (Å²) in [4.78, 5) is 0.0711. The van der Waals surface area contributed by atoms with Gasteiger partial charge in [-0.05, 0) is 36.6 Å². The normalized spacial score (nSPS) is 11.8. The van der Waals surface area contributed by atoms with E-state index >= 15 is 0 Å². The van der Waals surface area contributed by atoms with E-state index in [0.717, 1.165) is 5.56 Å². The molecule has 0 unspecified atom stereocenters. The van der Waals surface area contributed by atoms with Crippen molar-refractivity contribution in [2.75, 3.05) is 12.3 Å². The van der Waals surface area contributed by atoms with Crippen molar-refractivity contribution in [2.24, 2.45) is 7.05 Å². The fraction of sp³-hybridized carbons (Fsp3) is 0.308. The first-order valence-corrected chi connectivity index (χ1v) is 8.18. The van der Waals surface area contributed by atoms with E-state index in [1.54, 1.807) is 17.8 Å². The van der Waals surface area contributed by atoms with Crippen LogP contribution in [0, 0.1) is 6.92 Å². The predicted octanol–water partition coefficient (Wildman–Crippen LogP) is 1.49. The zero-order valence-corrected chi connectivity index (χ0v) is 13.4. The number of nitrogen functional groups attached to an aromatic ring is 1. The molecule has 0 spiro atoms. The molecule has 0 aliphatic carbocycles. The Morgan fingerprint density at radius 1 is 1.43 bits per heavy atom. The lowest BCUT2D eigenvalue weighted by atomic mass is 10.2. The minimum atomic E-state index is -3.63. The molecule has 0 bridgehead atoms. The predicted molar refractivity (Wildman–Crippen MR) is 82.7 cm³/mol. The van der Waals surface area contributed by atoms with Gasteiger partial charge in [0.25, 0.3) is 0 Å². The van der Waals surface area contributed by atoms with Gasteiger partial charge < -0.3 is 5.73 Å². The number of hydrogen-bond acceptors (Lipinski definition) is 4. The molecule has 2 rings (SSSR count). The van der Waals surface area contributed by atoms with E-state index in [1.165, 1.54) is 12.1 Å². The Hall–Kier alpha value is -1.57. The standard InChI is InChI=1S/C13H17ClN4O2S/c1-9-12(14)5-11(6-13(9)15)21(19,20)17-4-3-10-7-16-18(2)8-10/h5-8,17H,3-4,15H2,1-2H3. The van der Waals surface area contributed by atoms with E-state index in [1.807, 2.05) is 13.2 Å². The highest BCUT2D eigenvalue weighted by Gasteiger charge is 2.16. The second-order valence-electron chi connectivity index (χ2n) is 4.79. The topological polar surface area (TPSA) is 90.0 Å². The van der Waals surface area contributed by atoms with E-state index < -0.39 is 10.0 Å². The number of anilines is 1. The number of hydrogen-bond donors (Lipinski definition) is 2. The highest BCUT2D eigenvalue weighted by molar-refractivity contribution is 7.89. The lowest BCUT2D eigenvalue weighted by Crippen LogP contribution is -2.26. The summed E-state index contributed by atoms with van der Waals surface area (Å²) >= 11 is 5.97. The third-order valence-electron chi connectivity index (χ3n) is 3.13. The van der Waals surface area contributed by atoms with Crippen molar-refractivity contribution in [1.29, 1.82) is 0 Å². The molecule has 114 valence electrons. The van der Waals surface area contributed by atoms with E-state index in [9.17, 15) is 8.42 Å². The minimum absolute atomic E-state index is 0.0711. The largest absolute Gasteiger partial charge is 0.398 e. The van der Waals surface area contributed by atoms with Crippen LogP contribution in [0.25, 0.3) is 0 Å². The summed E-state index contributed by atoms with van der Waals surface area (Å²) < 4.78 is 28.6.